The number of aryl methyl sites for hydroxylation is 1. The van der Waals surface area contributed by atoms with Crippen LogP contribution in [0.4, 0.5) is 0 Å². The second-order valence-corrected chi connectivity index (χ2v) is 8.97. The minimum absolute atomic E-state index is 0.0228. The number of likely N-dealkylation sites (tertiary alicyclic amines) is 1. The predicted octanol–water partition coefficient (Wildman–Crippen LogP) is 1.38. The van der Waals surface area contributed by atoms with E-state index in [2.05, 4.69) is 9.88 Å². The lowest BCUT2D eigenvalue weighted by molar-refractivity contribution is -0.133. The number of aromatic nitrogens is 3. The van der Waals surface area contributed by atoms with Gasteiger partial charge >= 0.3 is 5.76 Å². The largest absolute Gasteiger partial charge is 0.420 e. The summed E-state index contributed by atoms with van der Waals surface area (Å²) in [6.45, 7) is 4.46. The van der Waals surface area contributed by atoms with Gasteiger partial charge in [0.2, 0.25) is 5.91 Å². The van der Waals surface area contributed by atoms with Crippen molar-refractivity contribution >= 4 is 17.0 Å². The van der Waals surface area contributed by atoms with Gasteiger partial charge in [-0.2, -0.15) is 0 Å². The van der Waals surface area contributed by atoms with Crippen LogP contribution in [-0.4, -0.2) is 56.9 Å². The average Bonchev–Trinajstić information content (AvgIpc) is 3.08. The second-order valence-electron chi connectivity index (χ2n) is 8.97. The number of likely N-dealkylation sites (N-methyl/N-ethyl adjacent to an activating group) is 1. The van der Waals surface area contributed by atoms with E-state index in [1.807, 2.05) is 26.1 Å². The number of oxazole rings is 1. The van der Waals surface area contributed by atoms with Crippen LogP contribution in [0, 0.1) is 6.92 Å². The summed E-state index contributed by atoms with van der Waals surface area (Å²) < 4.78 is 6.68. The van der Waals surface area contributed by atoms with Gasteiger partial charge in [0.25, 0.3) is 5.56 Å². The number of rotatable bonds is 3. The van der Waals surface area contributed by atoms with E-state index in [0.29, 0.717) is 36.6 Å². The number of nitrogens with zero attached hydrogens (tertiary/aromatic N) is 4. The molecule has 9 nitrogen and oxygen atoms in total. The van der Waals surface area contributed by atoms with Gasteiger partial charge in [0.15, 0.2) is 5.58 Å². The van der Waals surface area contributed by atoms with Crippen LogP contribution >= 0.6 is 0 Å². The maximum atomic E-state index is 13.1. The zero-order valence-electron chi connectivity index (χ0n) is 18.4. The molecule has 9 heteroatoms. The lowest BCUT2D eigenvalue weighted by atomic mass is 9.96. The molecule has 0 aliphatic carbocycles. The lowest BCUT2D eigenvalue weighted by Gasteiger charge is -2.33. The maximum Gasteiger partial charge on any atom is 0.420 e. The Morgan fingerprint density at radius 1 is 1.28 bits per heavy atom. The fourth-order valence-electron chi connectivity index (χ4n) is 4.76. The summed E-state index contributed by atoms with van der Waals surface area (Å²) in [6, 6.07) is 5.47. The Labute approximate surface area is 184 Å². The van der Waals surface area contributed by atoms with Gasteiger partial charge in [0.05, 0.1) is 16.8 Å². The molecule has 1 N–H and O–H groups in total. The Kier molecular flexibility index (Phi) is 5.21. The van der Waals surface area contributed by atoms with Crippen LogP contribution < -0.4 is 11.3 Å². The number of aromatic amines is 1. The van der Waals surface area contributed by atoms with Gasteiger partial charge in [-0.15, -0.1) is 0 Å². The molecule has 2 aliphatic rings. The molecular formula is C23H27N5O4. The van der Waals surface area contributed by atoms with Gasteiger partial charge in [-0.25, -0.2) is 9.78 Å². The summed E-state index contributed by atoms with van der Waals surface area (Å²) in [7, 11) is 2.00. The Morgan fingerprint density at radius 2 is 2.12 bits per heavy atom. The summed E-state index contributed by atoms with van der Waals surface area (Å²) in [4.78, 5) is 49.7. The van der Waals surface area contributed by atoms with E-state index in [-0.39, 0.29) is 23.9 Å². The van der Waals surface area contributed by atoms with Crippen molar-refractivity contribution < 1.29 is 9.21 Å². The molecule has 5 rings (SSSR count). The molecule has 1 atom stereocenters. The number of benzene rings is 1. The monoisotopic (exact) mass is 437 g/mol. The SMILES string of the molecule is Cc1ccc2oc(=O)n(CC(=O)N3CCC[C@H](c4nc5c(c(=O)[nH]4)CN(C)CC5)C3)c2c1. The first-order valence-electron chi connectivity index (χ1n) is 11.1. The highest BCUT2D eigenvalue weighted by molar-refractivity contribution is 5.80. The first-order chi connectivity index (χ1) is 15.4. The molecule has 0 saturated carbocycles. The second kappa shape index (κ2) is 8.05. The first-order valence-corrected chi connectivity index (χ1v) is 11.1. The van der Waals surface area contributed by atoms with Gasteiger partial charge in [0.1, 0.15) is 12.4 Å². The van der Waals surface area contributed by atoms with Crippen molar-refractivity contribution in [3.05, 3.63) is 61.7 Å². The predicted molar refractivity (Wildman–Crippen MR) is 119 cm³/mol. The topological polar surface area (TPSA) is 104 Å². The van der Waals surface area contributed by atoms with Crippen LogP contribution in [0.3, 0.4) is 0 Å². The Balaban J connectivity index is 1.36. The summed E-state index contributed by atoms with van der Waals surface area (Å²) >= 11 is 0. The molecule has 1 amide bonds. The minimum atomic E-state index is -0.529. The van der Waals surface area contributed by atoms with Crippen molar-refractivity contribution in [2.45, 2.75) is 45.2 Å². The number of fused-ring (bicyclic) bond motifs is 2. The van der Waals surface area contributed by atoms with E-state index in [4.69, 9.17) is 9.40 Å². The van der Waals surface area contributed by atoms with Crippen molar-refractivity contribution in [3.63, 3.8) is 0 Å². The van der Waals surface area contributed by atoms with Gasteiger partial charge in [-0.3, -0.25) is 14.2 Å². The van der Waals surface area contributed by atoms with Crippen LogP contribution in [0.5, 0.6) is 0 Å². The summed E-state index contributed by atoms with van der Waals surface area (Å²) in [5.41, 5.74) is 3.64. The number of hydrogen-bond donors (Lipinski definition) is 1. The molecule has 3 aromatic rings. The smallest absolute Gasteiger partial charge is 0.408 e. The van der Waals surface area contributed by atoms with Crippen molar-refractivity contribution in [3.8, 4) is 0 Å². The highest BCUT2D eigenvalue weighted by Gasteiger charge is 2.29. The van der Waals surface area contributed by atoms with Gasteiger partial charge < -0.3 is 19.2 Å². The summed E-state index contributed by atoms with van der Waals surface area (Å²) in [6.07, 6.45) is 2.44. The van der Waals surface area contributed by atoms with Crippen molar-refractivity contribution in [2.24, 2.45) is 0 Å². The van der Waals surface area contributed by atoms with Crippen LogP contribution in [0.2, 0.25) is 0 Å². The molecule has 168 valence electrons. The molecule has 1 aromatic carbocycles. The number of nitrogens with one attached hydrogen (secondary N) is 1. The molecule has 4 heterocycles. The number of hydrogen-bond acceptors (Lipinski definition) is 6. The van der Waals surface area contributed by atoms with Gasteiger partial charge in [-0.05, 0) is 44.5 Å². The third-order valence-corrected chi connectivity index (χ3v) is 6.55. The number of amides is 1. The number of carbonyl (C=O) groups is 1. The van der Waals surface area contributed by atoms with Gasteiger partial charge in [0, 0.05) is 38.5 Å². The Hall–Kier alpha value is -3.20. The van der Waals surface area contributed by atoms with Crippen molar-refractivity contribution in [2.75, 3.05) is 26.7 Å². The zero-order chi connectivity index (χ0) is 22.4. The van der Waals surface area contributed by atoms with Crippen molar-refractivity contribution in [1.82, 2.24) is 24.3 Å². The molecule has 1 fully saturated rings. The van der Waals surface area contributed by atoms with E-state index in [0.717, 1.165) is 42.6 Å². The van der Waals surface area contributed by atoms with Crippen LogP contribution in [0.1, 0.15) is 41.4 Å². The third kappa shape index (κ3) is 3.77. The van der Waals surface area contributed by atoms with Crippen LogP contribution in [0.25, 0.3) is 11.1 Å². The molecule has 32 heavy (non-hydrogen) atoms. The minimum Gasteiger partial charge on any atom is -0.408 e. The molecular weight excluding hydrogens is 410 g/mol. The quantitative estimate of drug-likeness (QED) is 0.664. The summed E-state index contributed by atoms with van der Waals surface area (Å²) in [5.74, 6) is -0.0242. The lowest BCUT2D eigenvalue weighted by Crippen LogP contribution is -2.42. The number of carbonyl (C=O) groups excluding carboxylic acids is 1. The number of piperidine rings is 1. The fraction of sp³-hybridized carbons (Fsp3) is 0.478. The van der Waals surface area contributed by atoms with E-state index in [1.54, 1.807) is 11.0 Å². The Morgan fingerprint density at radius 3 is 2.97 bits per heavy atom. The van der Waals surface area contributed by atoms with Gasteiger partial charge in [-0.1, -0.05) is 6.07 Å². The van der Waals surface area contributed by atoms with Crippen LogP contribution in [-0.2, 0) is 24.3 Å². The maximum absolute atomic E-state index is 13.1. The molecule has 0 spiro atoms. The van der Waals surface area contributed by atoms with E-state index in [1.165, 1.54) is 4.57 Å². The molecule has 0 bridgehead atoms. The highest BCUT2D eigenvalue weighted by Crippen LogP contribution is 2.26. The van der Waals surface area contributed by atoms with E-state index < -0.39 is 5.76 Å². The third-order valence-electron chi connectivity index (χ3n) is 6.55. The van der Waals surface area contributed by atoms with E-state index in [9.17, 15) is 14.4 Å². The van der Waals surface area contributed by atoms with Crippen molar-refractivity contribution in [1.29, 1.82) is 0 Å². The zero-order valence-corrected chi connectivity index (χ0v) is 18.4. The molecule has 1 saturated heterocycles. The standard InChI is InChI=1S/C23H27N5O4/c1-14-5-6-19-18(10-14)28(23(31)32-19)13-20(29)27-8-3-4-15(11-27)21-24-17-7-9-26(2)12-16(17)22(30)25-21/h5-6,10,15H,3-4,7-9,11-13H2,1-2H3,(H,24,25,30)/t15-/m0/s1. The molecule has 0 unspecified atom stereocenters. The summed E-state index contributed by atoms with van der Waals surface area (Å²) in [5, 5.41) is 0. The Bertz CT molecular complexity index is 1300. The van der Waals surface area contributed by atoms with E-state index >= 15 is 0 Å². The first kappa shape index (κ1) is 20.7. The highest BCUT2D eigenvalue weighted by atomic mass is 16.4. The average molecular weight is 438 g/mol. The van der Waals surface area contributed by atoms with Crippen LogP contribution in [0.15, 0.2) is 32.2 Å². The molecule has 0 radical (unpaired) electrons. The fourth-order valence-corrected chi connectivity index (χ4v) is 4.76. The normalized spacial score (nSPS) is 19.3. The molecule has 2 aromatic heterocycles. The number of H-pyrrole nitrogens is 1. The molecule has 2 aliphatic heterocycles.